The molecule has 1 unspecified atom stereocenters. The van der Waals surface area contributed by atoms with Gasteiger partial charge in [-0.15, -0.1) is 6.58 Å². The second-order valence-corrected chi connectivity index (χ2v) is 9.80. The molecule has 0 bridgehead atoms. The fourth-order valence-corrected chi connectivity index (χ4v) is 5.58. The molecule has 0 saturated carbocycles. The Balaban J connectivity index is 2.43. The van der Waals surface area contributed by atoms with Crippen LogP contribution in [0.1, 0.15) is 30.9 Å². The minimum Gasteiger partial charge on any atom is -0.497 e. The Morgan fingerprint density at radius 1 is 1.00 bits per heavy atom. The molecule has 0 aliphatic carbocycles. The van der Waals surface area contributed by atoms with Gasteiger partial charge in [-0.05, 0) is 47.7 Å². The number of ether oxygens (including phenoxy) is 2. The smallest absolute Gasteiger partial charge is 0.304 e. The summed E-state index contributed by atoms with van der Waals surface area (Å²) >= 11 is 0. The van der Waals surface area contributed by atoms with Gasteiger partial charge in [0.2, 0.25) is 10.0 Å². The molecule has 174 valence electrons. The van der Waals surface area contributed by atoms with Gasteiger partial charge in [0.1, 0.15) is 11.5 Å². The summed E-state index contributed by atoms with van der Waals surface area (Å²) in [5, 5.41) is 8.33. The maximum absolute atomic E-state index is 13.7. The predicted octanol–water partition coefficient (Wildman–Crippen LogP) is 4.09. The lowest BCUT2D eigenvalue weighted by atomic mass is 10.0. The molecule has 0 aromatic heterocycles. The number of hydrogen-bond acceptors (Lipinski definition) is 5. The third-order valence-corrected chi connectivity index (χ3v) is 7.70. The zero-order chi connectivity index (χ0) is 23.7. The van der Waals surface area contributed by atoms with Gasteiger partial charge in [0.15, 0.2) is 0 Å². The van der Waals surface area contributed by atoms with E-state index < -0.39 is 33.6 Å². The fraction of sp³-hybridized carbons (Fsp3) is 0.375. The van der Waals surface area contributed by atoms with Crippen LogP contribution in [0.25, 0.3) is 0 Å². The first kappa shape index (κ1) is 25.4. The van der Waals surface area contributed by atoms with E-state index in [1.807, 2.05) is 0 Å². The Morgan fingerprint density at radius 2 is 1.44 bits per heavy atom. The first-order valence-electron chi connectivity index (χ1n) is 10.3. The van der Waals surface area contributed by atoms with Crippen molar-refractivity contribution in [3.8, 4) is 11.5 Å². The van der Waals surface area contributed by atoms with Crippen LogP contribution in [-0.2, 0) is 27.9 Å². The van der Waals surface area contributed by atoms with E-state index in [-0.39, 0.29) is 13.1 Å². The molecule has 32 heavy (non-hydrogen) atoms. The minimum atomic E-state index is -3.97. The summed E-state index contributed by atoms with van der Waals surface area (Å²) in [5.41, 5.74) is 1.54. The van der Waals surface area contributed by atoms with Gasteiger partial charge in [-0.3, -0.25) is 4.79 Å². The highest BCUT2D eigenvalue weighted by Gasteiger charge is 2.37. The number of carboxylic acid groups (broad SMARTS) is 1. The summed E-state index contributed by atoms with van der Waals surface area (Å²) in [6.45, 7) is 5.63. The van der Waals surface area contributed by atoms with E-state index in [9.17, 15) is 18.3 Å². The first-order valence-corrected chi connectivity index (χ1v) is 11.8. The number of aliphatic carboxylic acids is 1. The molecule has 0 aliphatic rings. The molecule has 1 N–H and O–H groups in total. The Morgan fingerprint density at radius 3 is 1.78 bits per heavy atom. The zero-order valence-electron chi connectivity index (χ0n) is 18.7. The van der Waals surface area contributed by atoms with Gasteiger partial charge in [-0.2, -0.15) is 4.31 Å². The highest BCUT2D eigenvalue weighted by Crippen LogP contribution is 2.27. The van der Waals surface area contributed by atoms with Crippen LogP contribution in [0.4, 0.5) is 0 Å². The van der Waals surface area contributed by atoms with Gasteiger partial charge < -0.3 is 14.6 Å². The molecule has 0 amide bonds. The highest BCUT2D eigenvalue weighted by molar-refractivity contribution is 7.89. The Hall–Kier alpha value is -2.84. The molecule has 2 rings (SSSR count). The summed E-state index contributed by atoms with van der Waals surface area (Å²) in [5.74, 6) is -0.213. The molecular formula is C24H31NO6S. The average molecular weight is 462 g/mol. The molecule has 8 heteroatoms. The van der Waals surface area contributed by atoms with Crippen molar-refractivity contribution in [1.29, 1.82) is 0 Å². The molecule has 0 radical (unpaired) electrons. The summed E-state index contributed by atoms with van der Waals surface area (Å²) in [6.07, 6.45) is 1.54. The van der Waals surface area contributed by atoms with E-state index in [2.05, 4.69) is 6.58 Å². The highest BCUT2D eigenvalue weighted by atomic mass is 32.2. The van der Waals surface area contributed by atoms with Crippen LogP contribution in [-0.4, -0.2) is 43.3 Å². The summed E-state index contributed by atoms with van der Waals surface area (Å²) in [7, 11) is -0.840. The number of benzene rings is 2. The van der Waals surface area contributed by atoms with Gasteiger partial charge >= 0.3 is 5.97 Å². The molecule has 0 saturated heterocycles. The largest absolute Gasteiger partial charge is 0.497 e. The van der Waals surface area contributed by atoms with E-state index in [0.717, 1.165) is 11.1 Å². The fourth-order valence-electron chi connectivity index (χ4n) is 3.48. The van der Waals surface area contributed by atoms with Crippen molar-refractivity contribution < 1.29 is 27.8 Å². The molecule has 2 aromatic rings. The van der Waals surface area contributed by atoms with Crippen LogP contribution in [0, 0.1) is 5.92 Å². The van der Waals surface area contributed by atoms with Crippen molar-refractivity contribution in [2.45, 2.75) is 38.1 Å². The van der Waals surface area contributed by atoms with E-state index in [0.29, 0.717) is 17.9 Å². The van der Waals surface area contributed by atoms with Gasteiger partial charge in [-0.25, -0.2) is 8.42 Å². The third-order valence-electron chi connectivity index (χ3n) is 5.33. The molecule has 2 aromatic carbocycles. The monoisotopic (exact) mass is 461 g/mol. The number of allylic oxidation sites excluding steroid dienone is 1. The van der Waals surface area contributed by atoms with Crippen molar-refractivity contribution >= 4 is 16.0 Å². The Kier molecular flexibility index (Phi) is 9.28. The second-order valence-electron chi connectivity index (χ2n) is 7.65. The second kappa shape index (κ2) is 11.7. The van der Waals surface area contributed by atoms with Crippen molar-refractivity contribution in [1.82, 2.24) is 4.31 Å². The SMILES string of the molecule is C=CC[C@@H](C)C(CC(=O)O)S(=O)(=O)N(Cc1ccc(OC)cc1)Cc1ccc(OC)cc1. The van der Waals surface area contributed by atoms with Crippen LogP contribution in [0.5, 0.6) is 11.5 Å². The van der Waals surface area contributed by atoms with Crippen LogP contribution < -0.4 is 9.47 Å². The number of nitrogens with zero attached hydrogens (tertiary/aromatic N) is 1. The minimum absolute atomic E-state index is 0.106. The summed E-state index contributed by atoms with van der Waals surface area (Å²) in [6, 6.07) is 14.3. The van der Waals surface area contributed by atoms with E-state index in [1.54, 1.807) is 75.8 Å². The molecule has 0 aliphatic heterocycles. The topological polar surface area (TPSA) is 93.1 Å². The number of methoxy groups -OCH3 is 2. The molecule has 0 fully saturated rings. The van der Waals surface area contributed by atoms with Crippen LogP contribution in [0.15, 0.2) is 61.2 Å². The average Bonchev–Trinajstić information content (AvgIpc) is 2.78. The normalized spacial score (nSPS) is 13.4. The van der Waals surface area contributed by atoms with Crippen molar-refractivity contribution in [2.75, 3.05) is 14.2 Å². The van der Waals surface area contributed by atoms with E-state index in [4.69, 9.17) is 9.47 Å². The Labute approximate surface area is 190 Å². The summed E-state index contributed by atoms with van der Waals surface area (Å²) in [4.78, 5) is 11.5. The quantitative estimate of drug-likeness (QED) is 0.452. The lowest BCUT2D eigenvalue weighted by molar-refractivity contribution is -0.137. The van der Waals surface area contributed by atoms with Gasteiger partial charge in [-0.1, -0.05) is 37.3 Å². The van der Waals surface area contributed by atoms with Gasteiger partial charge in [0, 0.05) is 13.1 Å². The standard InChI is InChI=1S/C24H31NO6S/c1-5-6-18(2)23(15-24(26)27)32(28,29)25(16-19-7-11-21(30-3)12-8-19)17-20-9-13-22(31-4)14-10-20/h5,7-14,18,23H,1,6,15-17H2,2-4H3,(H,26,27)/t18-,23?/m1/s1. The van der Waals surface area contributed by atoms with Gasteiger partial charge in [0.05, 0.1) is 25.9 Å². The van der Waals surface area contributed by atoms with Gasteiger partial charge in [0.25, 0.3) is 0 Å². The lowest BCUT2D eigenvalue weighted by Crippen LogP contribution is -2.42. The van der Waals surface area contributed by atoms with E-state index in [1.165, 1.54) is 4.31 Å². The van der Waals surface area contributed by atoms with Crippen LogP contribution in [0.2, 0.25) is 0 Å². The predicted molar refractivity (Wildman–Crippen MR) is 124 cm³/mol. The maximum Gasteiger partial charge on any atom is 0.304 e. The third kappa shape index (κ3) is 6.83. The van der Waals surface area contributed by atoms with Crippen molar-refractivity contribution in [3.63, 3.8) is 0 Å². The number of carboxylic acids is 1. The molecular weight excluding hydrogens is 430 g/mol. The number of rotatable bonds is 13. The molecule has 0 spiro atoms. The van der Waals surface area contributed by atoms with Crippen LogP contribution in [0.3, 0.4) is 0 Å². The number of sulfonamides is 1. The molecule has 7 nitrogen and oxygen atoms in total. The van der Waals surface area contributed by atoms with Crippen molar-refractivity contribution in [3.05, 3.63) is 72.3 Å². The maximum atomic E-state index is 13.7. The first-order chi connectivity index (χ1) is 15.2. The van der Waals surface area contributed by atoms with Crippen molar-refractivity contribution in [2.24, 2.45) is 5.92 Å². The lowest BCUT2D eigenvalue weighted by Gasteiger charge is -2.30. The number of hydrogen-bond donors (Lipinski definition) is 1. The molecule has 2 atom stereocenters. The zero-order valence-corrected chi connectivity index (χ0v) is 19.5. The molecule has 0 heterocycles. The number of carbonyl (C=O) groups is 1. The summed E-state index contributed by atoms with van der Waals surface area (Å²) < 4.78 is 39.1. The Bertz CT molecular complexity index is 937. The van der Waals surface area contributed by atoms with Crippen LogP contribution >= 0.6 is 0 Å². The van der Waals surface area contributed by atoms with E-state index >= 15 is 0 Å².